The third-order valence-corrected chi connectivity index (χ3v) is 3.06. The summed E-state index contributed by atoms with van der Waals surface area (Å²) in [6.07, 6.45) is 0. The smallest absolute Gasteiger partial charge is 0.267 e. The first kappa shape index (κ1) is 13.4. The SMILES string of the molecule is COc1cccc2cc(C(=O)NCC(C)N)n(C)c12. The summed E-state index contributed by atoms with van der Waals surface area (Å²) in [4.78, 5) is 12.1. The highest BCUT2D eigenvalue weighted by molar-refractivity contribution is 6.00. The van der Waals surface area contributed by atoms with Gasteiger partial charge >= 0.3 is 0 Å². The molecule has 0 bridgehead atoms. The van der Waals surface area contributed by atoms with Crippen molar-refractivity contribution in [3.8, 4) is 5.75 Å². The highest BCUT2D eigenvalue weighted by Gasteiger charge is 2.15. The van der Waals surface area contributed by atoms with Gasteiger partial charge in [-0.25, -0.2) is 0 Å². The number of amides is 1. The van der Waals surface area contributed by atoms with E-state index in [1.54, 1.807) is 7.11 Å². The number of aromatic nitrogens is 1. The first-order valence-electron chi connectivity index (χ1n) is 6.20. The predicted molar refractivity (Wildman–Crippen MR) is 75.5 cm³/mol. The Labute approximate surface area is 112 Å². The van der Waals surface area contributed by atoms with Crippen molar-refractivity contribution in [1.29, 1.82) is 0 Å². The number of aryl methyl sites for hydroxylation is 1. The van der Waals surface area contributed by atoms with Gasteiger partial charge < -0.3 is 20.4 Å². The van der Waals surface area contributed by atoms with E-state index in [1.807, 2.05) is 42.8 Å². The molecule has 1 amide bonds. The summed E-state index contributed by atoms with van der Waals surface area (Å²) in [7, 11) is 3.48. The zero-order valence-electron chi connectivity index (χ0n) is 11.4. The van der Waals surface area contributed by atoms with Gasteiger partial charge in [0.2, 0.25) is 0 Å². The molecule has 0 aliphatic rings. The second-order valence-electron chi connectivity index (χ2n) is 4.67. The maximum absolute atomic E-state index is 12.1. The molecule has 0 spiro atoms. The van der Waals surface area contributed by atoms with E-state index >= 15 is 0 Å². The Morgan fingerprint density at radius 2 is 2.26 bits per heavy atom. The fourth-order valence-corrected chi connectivity index (χ4v) is 2.11. The standard InChI is InChI=1S/C14H19N3O2/c1-9(15)8-16-14(18)11-7-10-5-4-6-12(19-3)13(10)17(11)2/h4-7,9H,8,15H2,1-3H3,(H,16,18). The van der Waals surface area contributed by atoms with Gasteiger partial charge in [-0.3, -0.25) is 4.79 Å². The molecule has 3 N–H and O–H groups in total. The number of benzene rings is 1. The molecule has 1 heterocycles. The third-order valence-electron chi connectivity index (χ3n) is 3.06. The van der Waals surface area contributed by atoms with Crippen LogP contribution in [0.25, 0.3) is 10.9 Å². The highest BCUT2D eigenvalue weighted by atomic mass is 16.5. The van der Waals surface area contributed by atoms with Gasteiger partial charge in [0.05, 0.1) is 12.6 Å². The van der Waals surface area contributed by atoms with Crippen LogP contribution in [0.5, 0.6) is 5.75 Å². The van der Waals surface area contributed by atoms with Crippen LogP contribution in [0, 0.1) is 0 Å². The van der Waals surface area contributed by atoms with Crippen LogP contribution in [0.2, 0.25) is 0 Å². The van der Waals surface area contributed by atoms with Gasteiger partial charge in [-0.1, -0.05) is 12.1 Å². The van der Waals surface area contributed by atoms with Crippen molar-refractivity contribution in [2.75, 3.05) is 13.7 Å². The molecule has 5 nitrogen and oxygen atoms in total. The van der Waals surface area contributed by atoms with Gasteiger partial charge in [-0.05, 0) is 19.1 Å². The average molecular weight is 261 g/mol. The minimum Gasteiger partial charge on any atom is -0.495 e. The molecule has 1 aromatic carbocycles. The van der Waals surface area contributed by atoms with Crippen molar-refractivity contribution < 1.29 is 9.53 Å². The van der Waals surface area contributed by atoms with E-state index in [1.165, 1.54) is 0 Å². The van der Waals surface area contributed by atoms with Gasteiger partial charge in [0, 0.05) is 25.0 Å². The second kappa shape index (κ2) is 5.32. The highest BCUT2D eigenvalue weighted by Crippen LogP contribution is 2.27. The Hall–Kier alpha value is -2.01. The Bertz CT molecular complexity index is 602. The van der Waals surface area contributed by atoms with Crippen LogP contribution in [-0.2, 0) is 7.05 Å². The number of rotatable bonds is 4. The molecule has 1 aromatic heterocycles. The lowest BCUT2D eigenvalue weighted by atomic mass is 10.2. The Morgan fingerprint density at radius 1 is 1.53 bits per heavy atom. The fraction of sp³-hybridized carbons (Fsp3) is 0.357. The van der Waals surface area contributed by atoms with Crippen LogP contribution in [0.4, 0.5) is 0 Å². The lowest BCUT2D eigenvalue weighted by Crippen LogP contribution is -2.35. The Kier molecular flexibility index (Phi) is 3.76. The number of para-hydroxylation sites is 1. The number of hydrogen-bond acceptors (Lipinski definition) is 3. The number of methoxy groups -OCH3 is 1. The first-order chi connectivity index (χ1) is 9.04. The molecule has 5 heteroatoms. The van der Waals surface area contributed by atoms with E-state index < -0.39 is 0 Å². The third kappa shape index (κ3) is 2.56. The minimum atomic E-state index is -0.127. The quantitative estimate of drug-likeness (QED) is 0.870. The van der Waals surface area contributed by atoms with E-state index in [0.717, 1.165) is 16.7 Å². The van der Waals surface area contributed by atoms with Crippen LogP contribution in [0.3, 0.4) is 0 Å². The Balaban J connectivity index is 2.40. The molecule has 0 saturated heterocycles. The zero-order chi connectivity index (χ0) is 14.0. The largest absolute Gasteiger partial charge is 0.495 e. The number of hydrogen-bond donors (Lipinski definition) is 2. The zero-order valence-corrected chi connectivity index (χ0v) is 11.4. The van der Waals surface area contributed by atoms with Gasteiger partial charge in [-0.2, -0.15) is 0 Å². The summed E-state index contributed by atoms with van der Waals surface area (Å²) in [6, 6.07) is 7.54. The molecule has 0 saturated carbocycles. The maximum atomic E-state index is 12.1. The van der Waals surface area contributed by atoms with Crippen molar-refractivity contribution in [2.45, 2.75) is 13.0 Å². The molecule has 1 atom stereocenters. The van der Waals surface area contributed by atoms with Gasteiger partial charge in [0.25, 0.3) is 5.91 Å². The minimum absolute atomic E-state index is 0.0619. The molecule has 0 radical (unpaired) electrons. The van der Waals surface area contributed by atoms with E-state index in [-0.39, 0.29) is 11.9 Å². The van der Waals surface area contributed by atoms with Crippen LogP contribution in [0.1, 0.15) is 17.4 Å². The van der Waals surface area contributed by atoms with Crippen molar-refractivity contribution >= 4 is 16.8 Å². The number of nitrogens with zero attached hydrogens (tertiary/aromatic N) is 1. The topological polar surface area (TPSA) is 69.3 Å². The van der Waals surface area contributed by atoms with Gasteiger partial charge in [0.15, 0.2) is 0 Å². The lowest BCUT2D eigenvalue weighted by molar-refractivity contribution is 0.0944. The molecule has 0 aliphatic carbocycles. The van der Waals surface area contributed by atoms with E-state index in [2.05, 4.69) is 5.32 Å². The predicted octanol–water partition coefficient (Wildman–Crippen LogP) is 1.26. The first-order valence-corrected chi connectivity index (χ1v) is 6.20. The van der Waals surface area contributed by atoms with Crippen LogP contribution in [0.15, 0.2) is 24.3 Å². The molecule has 2 rings (SSSR count). The van der Waals surface area contributed by atoms with E-state index in [9.17, 15) is 4.79 Å². The molecule has 0 aliphatic heterocycles. The average Bonchev–Trinajstić information content (AvgIpc) is 2.73. The summed E-state index contributed by atoms with van der Waals surface area (Å²) < 4.78 is 7.17. The number of fused-ring (bicyclic) bond motifs is 1. The van der Waals surface area contributed by atoms with Crippen LogP contribution >= 0.6 is 0 Å². The summed E-state index contributed by atoms with van der Waals surface area (Å²) in [5.74, 6) is 0.629. The van der Waals surface area contributed by atoms with Crippen molar-refractivity contribution in [2.24, 2.45) is 12.8 Å². The number of nitrogens with one attached hydrogen (secondary N) is 1. The summed E-state index contributed by atoms with van der Waals surface area (Å²) >= 11 is 0. The number of ether oxygens (including phenoxy) is 1. The summed E-state index contributed by atoms with van der Waals surface area (Å²) in [5, 5.41) is 3.79. The van der Waals surface area contributed by atoms with Gasteiger partial charge in [0.1, 0.15) is 11.4 Å². The normalized spacial score (nSPS) is 12.4. The molecule has 2 aromatic rings. The van der Waals surface area contributed by atoms with Crippen molar-refractivity contribution in [1.82, 2.24) is 9.88 Å². The van der Waals surface area contributed by atoms with E-state index in [4.69, 9.17) is 10.5 Å². The number of nitrogens with two attached hydrogens (primary N) is 1. The molecule has 0 fully saturated rings. The monoisotopic (exact) mass is 261 g/mol. The fourth-order valence-electron chi connectivity index (χ4n) is 2.11. The maximum Gasteiger partial charge on any atom is 0.267 e. The molecular weight excluding hydrogens is 242 g/mol. The number of carbonyl (C=O) groups is 1. The second-order valence-corrected chi connectivity index (χ2v) is 4.67. The molecular formula is C14H19N3O2. The summed E-state index contributed by atoms with van der Waals surface area (Å²) in [5.41, 5.74) is 7.15. The molecule has 1 unspecified atom stereocenters. The van der Waals surface area contributed by atoms with E-state index in [0.29, 0.717) is 12.2 Å². The van der Waals surface area contributed by atoms with Crippen molar-refractivity contribution in [3.63, 3.8) is 0 Å². The number of carbonyl (C=O) groups excluding carboxylic acids is 1. The van der Waals surface area contributed by atoms with Crippen LogP contribution in [-0.4, -0.2) is 30.2 Å². The molecule has 102 valence electrons. The van der Waals surface area contributed by atoms with Crippen LogP contribution < -0.4 is 15.8 Å². The van der Waals surface area contributed by atoms with Gasteiger partial charge in [-0.15, -0.1) is 0 Å². The lowest BCUT2D eigenvalue weighted by Gasteiger charge is -2.09. The molecule has 19 heavy (non-hydrogen) atoms. The Morgan fingerprint density at radius 3 is 2.89 bits per heavy atom. The van der Waals surface area contributed by atoms with Crippen molar-refractivity contribution in [3.05, 3.63) is 30.0 Å². The summed E-state index contributed by atoms with van der Waals surface area (Å²) in [6.45, 7) is 2.31.